The Balaban J connectivity index is 2.11. The van der Waals surface area contributed by atoms with Crippen molar-refractivity contribution in [1.82, 2.24) is 0 Å². The summed E-state index contributed by atoms with van der Waals surface area (Å²) in [6, 6.07) is 0. The molecule has 2 aliphatic carbocycles. The van der Waals surface area contributed by atoms with Crippen LogP contribution in [0.1, 0.15) is 51.4 Å². The molecule has 0 aromatic heterocycles. The molecule has 0 spiro atoms. The number of hydrogen-bond donors (Lipinski definition) is 2. The Morgan fingerprint density at radius 3 is 1.92 bits per heavy atom. The SMILES string of the molecule is OC(O)C1(C2CCCC2)CCCC1. The number of rotatable bonds is 2. The van der Waals surface area contributed by atoms with Gasteiger partial charge in [0.25, 0.3) is 0 Å². The maximum absolute atomic E-state index is 9.52. The quantitative estimate of drug-likeness (QED) is 0.645. The molecule has 2 fully saturated rings. The molecule has 0 aromatic rings. The van der Waals surface area contributed by atoms with Crippen LogP contribution < -0.4 is 0 Å². The molecule has 0 radical (unpaired) electrons. The van der Waals surface area contributed by atoms with E-state index < -0.39 is 6.29 Å². The standard InChI is InChI=1S/C11H20O2/c12-10(13)11(7-3-4-8-11)9-5-1-2-6-9/h9-10,12-13H,1-8H2. The van der Waals surface area contributed by atoms with Crippen LogP contribution in [0.5, 0.6) is 0 Å². The first-order valence-corrected chi connectivity index (χ1v) is 5.62. The highest BCUT2D eigenvalue weighted by Crippen LogP contribution is 2.52. The average Bonchev–Trinajstić information content (AvgIpc) is 2.75. The van der Waals surface area contributed by atoms with Gasteiger partial charge in [0.05, 0.1) is 0 Å². The van der Waals surface area contributed by atoms with E-state index in [-0.39, 0.29) is 5.41 Å². The monoisotopic (exact) mass is 184 g/mol. The molecule has 0 heterocycles. The first-order valence-electron chi connectivity index (χ1n) is 5.62. The second kappa shape index (κ2) is 3.58. The van der Waals surface area contributed by atoms with Crippen LogP contribution in [-0.2, 0) is 0 Å². The van der Waals surface area contributed by atoms with Crippen molar-refractivity contribution in [2.45, 2.75) is 57.7 Å². The van der Waals surface area contributed by atoms with E-state index in [1.807, 2.05) is 0 Å². The van der Waals surface area contributed by atoms with Crippen LogP contribution in [0.4, 0.5) is 0 Å². The largest absolute Gasteiger partial charge is 0.368 e. The van der Waals surface area contributed by atoms with E-state index in [1.54, 1.807) is 0 Å². The Hall–Kier alpha value is -0.0800. The molecular formula is C11H20O2. The molecule has 0 atom stereocenters. The van der Waals surface area contributed by atoms with E-state index in [0.29, 0.717) is 5.92 Å². The fourth-order valence-corrected chi connectivity index (χ4v) is 3.41. The Bertz CT molecular complexity index is 165. The molecule has 2 nitrogen and oxygen atoms in total. The van der Waals surface area contributed by atoms with Crippen molar-refractivity contribution < 1.29 is 10.2 Å². The van der Waals surface area contributed by atoms with Crippen molar-refractivity contribution in [1.29, 1.82) is 0 Å². The predicted molar refractivity (Wildman–Crippen MR) is 51.1 cm³/mol. The summed E-state index contributed by atoms with van der Waals surface area (Å²) in [5.41, 5.74) is -0.115. The lowest BCUT2D eigenvalue weighted by Gasteiger charge is -2.37. The van der Waals surface area contributed by atoms with Gasteiger partial charge in [0.15, 0.2) is 6.29 Å². The van der Waals surface area contributed by atoms with E-state index in [0.717, 1.165) is 12.8 Å². The smallest absolute Gasteiger partial charge is 0.157 e. The van der Waals surface area contributed by atoms with E-state index in [2.05, 4.69) is 0 Å². The van der Waals surface area contributed by atoms with Gasteiger partial charge in [-0.1, -0.05) is 25.7 Å². The van der Waals surface area contributed by atoms with Crippen molar-refractivity contribution in [3.8, 4) is 0 Å². The molecule has 0 aliphatic heterocycles. The van der Waals surface area contributed by atoms with E-state index >= 15 is 0 Å². The van der Waals surface area contributed by atoms with Gasteiger partial charge in [0, 0.05) is 5.41 Å². The predicted octanol–water partition coefficient (Wildman–Crippen LogP) is 2.05. The van der Waals surface area contributed by atoms with E-state index in [9.17, 15) is 10.2 Å². The fraction of sp³-hybridized carbons (Fsp3) is 1.00. The maximum atomic E-state index is 9.52. The van der Waals surface area contributed by atoms with Crippen molar-refractivity contribution >= 4 is 0 Å². The normalized spacial score (nSPS) is 28.8. The Morgan fingerprint density at radius 2 is 1.46 bits per heavy atom. The molecule has 2 rings (SSSR count). The minimum Gasteiger partial charge on any atom is -0.368 e. The van der Waals surface area contributed by atoms with Gasteiger partial charge in [-0.3, -0.25) is 0 Å². The highest BCUT2D eigenvalue weighted by atomic mass is 16.5. The summed E-state index contributed by atoms with van der Waals surface area (Å²) in [5.74, 6) is 0.593. The van der Waals surface area contributed by atoms with Crippen LogP contribution in [-0.4, -0.2) is 16.5 Å². The molecule has 2 aliphatic rings. The van der Waals surface area contributed by atoms with Gasteiger partial charge in [0.2, 0.25) is 0 Å². The molecule has 2 saturated carbocycles. The second-order valence-electron chi connectivity index (χ2n) is 4.80. The minimum absolute atomic E-state index is 0.115. The van der Waals surface area contributed by atoms with Gasteiger partial charge in [-0.15, -0.1) is 0 Å². The van der Waals surface area contributed by atoms with Crippen molar-refractivity contribution in [3.63, 3.8) is 0 Å². The highest BCUT2D eigenvalue weighted by molar-refractivity contribution is 4.94. The third kappa shape index (κ3) is 1.50. The lowest BCUT2D eigenvalue weighted by molar-refractivity contribution is -0.155. The van der Waals surface area contributed by atoms with Crippen LogP contribution >= 0.6 is 0 Å². The Morgan fingerprint density at radius 1 is 0.923 bits per heavy atom. The molecule has 0 amide bonds. The van der Waals surface area contributed by atoms with Crippen LogP contribution in [0.15, 0.2) is 0 Å². The van der Waals surface area contributed by atoms with Crippen molar-refractivity contribution in [2.24, 2.45) is 11.3 Å². The second-order valence-corrected chi connectivity index (χ2v) is 4.80. The Kier molecular flexibility index (Phi) is 2.61. The summed E-state index contributed by atoms with van der Waals surface area (Å²) in [5, 5.41) is 19.0. The molecule has 0 bridgehead atoms. The van der Waals surface area contributed by atoms with Crippen LogP contribution in [0.3, 0.4) is 0 Å². The molecule has 2 heteroatoms. The summed E-state index contributed by atoms with van der Waals surface area (Å²) >= 11 is 0. The van der Waals surface area contributed by atoms with E-state index in [4.69, 9.17) is 0 Å². The molecule has 76 valence electrons. The van der Waals surface area contributed by atoms with Crippen LogP contribution in [0.2, 0.25) is 0 Å². The van der Waals surface area contributed by atoms with E-state index in [1.165, 1.54) is 38.5 Å². The molecule has 0 unspecified atom stereocenters. The molecular weight excluding hydrogens is 164 g/mol. The van der Waals surface area contributed by atoms with Gasteiger partial charge < -0.3 is 10.2 Å². The summed E-state index contributed by atoms with van der Waals surface area (Å²) in [4.78, 5) is 0. The molecule has 13 heavy (non-hydrogen) atoms. The summed E-state index contributed by atoms with van der Waals surface area (Å²) in [6.07, 6.45) is 8.40. The zero-order valence-electron chi connectivity index (χ0n) is 8.21. The van der Waals surface area contributed by atoms with Crippen LogP contribution in [0.25, 0.3) is 0 Å². The Labute approximate surface area is 80.0 Å². The lowest BCUT2D eigenvalue weighted by atomic mass is 9.72. The molecule has 0 saturated heterocycles. The number of aliphatic hydroxyl groups is 2. The summed E-state index contributed by atoms with van der Waals surface area (Å²) in [6.45, 7) is 0. The first-order chi connectivity index (χ1) is 6.26. The van der Waals surface area contributed by atoms with Crippen molar-refractivity contribution in [2.75, 3.05) is 0 Å². The topological polar surface area (TPSA) is 40.5 Å². The van der Waals surface area contributed by atoms with Gasteiger partial charge in [-0.25, -0.2) is 0 Å². The average molecular weight is 184 g/mol. The zero-order chi connectivity index (χ0) is 9.31. The molecule has 0 aromatic carbocycles. The third-order valence-corrected chi connectivity index (χ3v) is 4.22. The fourth-order valence-electron chi connectivity index (χ4n) is 3.41. The molecule has 2 N–H and O–H groups in total. The van der Waals surface area contributed by atoms with Gasteiger partial charge in [-0.2, -0.15) is 0 Å². The van der Waals surface area contributed by atoms with Crippen LogP contribution in [0, 0.1) is 11.3 Å². The first kappa shape index (κ1) is 9.47. The van der Waals surface area contributed by atoms with Gasteiger partial charge >= 0.3 is 0 Å². The summed E-state index contributed by atoms with van der Waals surface area (Å²) in [7, 11) is 0. The number of hydrogen-bond acceptors (Lipinski definition) is 2. The third-order valence-electron chi connectivity index (χ3n) is 4.22. The zero-order valence-corrected chi connectivity index (χ0v) is 8.21. The van der Waals surface area contributed by atoms with Crippen molar-refractivity contribution in [3.05, 3.63) is 0 Å². The minimum atomic E-state index is -1.07. The van der Waals surface area contributed by atoms with Gasteiger partial charge in [-0.05, 0) is 31.6 Å². The summed E-state index contributed by atoms with van der Waals surface area (Å²) < 4.78 is 0. The lowest BCUT2D eigenvalue weighted by Crippen LogP contribution is -2.38. The maximum Gasteiger partial charge on any atom is 0.157 e. The van der Waals surface area contributed by atoms with Gasteiger partial charge in [0.1, 0.15) is 0 Å². The highest BCUT2D eigenvalue weighted by Gasteiger charge is 2.46. The number of aliphatic hydroxyl groups excluding tert-OH is 1.